The highest BCUT2D eigenvalue weighted by Gasteiger charge is 2.23. The number of aliphatic hydroxyl groups excluding tert-OH is 2. The first kappa shape index (κ1) is 15.3. The van der Waals surface area contributed by atoms with E-state index in [-0.39, 0.29) is 12.7 Å². The van der Waals surface area contributed by atoms with Gasteiger partial charge in [-0.1, -0.05) is 30.3 Å². The van der Waals surface area contributed by atoms with Gasteiger partial charge in [-0.2, -0.15) is 0 Å². The van der Waals surface area contributed by atoms with E-state index >= 15 is 0 Å². The van der Waals surface area contributed by atoms with Gasteiger partial charge < -0.3 is 19.8 Å². The van der Waals surface area contributed by atoms with E-state index in [1.54, 1.807) is 0 Å². The Morgan fingerprint density at radius 2 is 2.00 bits per heavy atom. The standard InChI is InChI=1S/C18H23NO3/c20-16-6-3-9-19(11-16)12-17(21)13-22-18-8-7-14-4-1-2-5-15(14)10-18/h1-2,4-5,7-8,10,16-17,20-21H,3,6,9,11-13H2/p+1/t16-,17+/m0/s1. The molecular formula is C18H24NO3+. The summed E-state index contributed by atoms with van der Waals surface area (Å²) in [6.45, 7) is 2.67. The molecule has 1 aliphatic heterocycles. The van der Waals surface area contributed by atoms with Crippen molar-refractivity contribution in [3.8, 4) is 5.75 Å². The van der Waals surface area contributed by atoms with Gasteiger partial charge in [-0.25, -0.2) is 0 Å². The molecule has 118 valence electrons. The molecule has 1 aliphatic rings. The Hall–Kier alpha value is -1.62. The first-order chi connectivity index (χ1) is 10.7. The molecule has 1 fully saturated rings. The lowest BCUT2D eigenvalue weighted by Gasteiger charge is -2.28. The molecular weight excluding hydrogens is 278 g/mol. The van der Waals surface area contributed by atoms with E-state index in [2.05, 4.69) is 12.1 Å². The lowest BCUT2D eigenvalue weighted by Crippen LogP contribution is -3.15. The van der Waals surface area contributed by atoms with Crippen LogP contribution < -0.4 is 9.64 Å². The highest BCUT2D eigenvalue weighted by Crippen LogP contribution is 2.20. The number of aliphatic hydroxyl groups is 2. The van der Waals surface area contributed by atoms with Crippen LogP contribution in [0.1, 0.15) is 12.8 Å². The molecule has 0 saturated carbocycles. The molecule has 0 spiro atoms. The Bertz CT molecular complexity index is 616. The van der Waals surface area contributed by atoms with E-state index in [9.17, 15) is 10.2 Å². The summed E-state index contributed by atoms with van der Waals surface area (Å²) in [5.41, 5.74) is 0. The number of rotatable bonds is 5. The number of quaternary nitrogens is 1. The minimum atomic E-state index is -0.508. The summed E-state index contributed by atoms with van der Waals surface area (Å²) in [5.74, 6) is 0.784. The second-order valence-electron chi connectivity index (χ2n) is 6.18. The number of nitrogens with one attached hydrogen (secondary N) is 1. The fourth-order valence-corrected chi connectivity index (χ4v) is 3.15. The maximum absolute atomic E-state index is 10.1. The van der Waals surface area contributed by atoms with Gasteiger partial charge in [0.15, 0.2) is 0 Å². The van der Waals surface area contributed by atoms with Crippen molar-refractivity contribution >= 4 is 10.8 Å². The summed E-state index contributed by atoms with van der Waals surface area (Å²) in [5, 5.41) is 22.1. The summed E-state index contributed by atoms with van der Waals surface area (Å²) in [6.07, 6.45) is 1.17. The summed E-state index contributed by atoms with van der Waals surface area (Å²) in [6, 6.07) is 14.1. The van der Waals surface area contributed by atoms with Crippen molar-refractivity contribution in [1.29, 1.82) is 0 Å². The number of hydrogen-bond donors (Lipinski definition) is 3. The Kier molecular flexibility index (Phi) is 4.93. The lowest BCUT2D eigenvalue weighted by atomic mass is 10.1. The number of likely N-dealkylation sites (tertiary alicyclic amines) is 1. The molecule has 22 heavy (non-hydrogen) atoms. The third-order valence-corrected chi connectivity index (χ3v) is 4.28. The normalized spacial score (nSPS) is 23.4. The summed E-state index contributed by atoms with van der Waals surface area (Å²) < 4.78 is 5.72. The van der Waals surface area contributed by atoms with E-state index in [1.165, 1.54) is 10.3 Å². The maximum Gasteiger partial charge on any atom is 0.137 e. The van der Waals surface area contributed by atoms with Gasteiger partial charge in [-0.05, 0) is 35.7 Å². The molecule has 2 aromatic rings. The van der Waals surface area contributed by atoms with Gasteiger partial charge in [0.25, 0.3) is 0 Å². The average Bonchev–Trinajstić information content (AvgIpc) is 2.53. The van der Waals surface area contributed by atoms with Crippen LogP contribution in [-0.4, -0.2) is 48.7 Å². The molecule has 0 amide bonds. The number of benzene rings is 2. The Morgan fingerprint density at radius 3 is 2.82 bits per heavy atom. The molecule has 0 aliphatic carbocycles. The van der Waals surface area contributed by atoms with Crippen LogP contribution in [0.5, 0.6) is 5.75 Å². The van der Waals surface area contributed by atoms with Crippen molar-refractivity contribution < 1.29 is 19.8 Å². The van der Waals surface area contributed by atoms with Crippen molar-refractivity contribution in [2.24, 2.45) is 0 Å². The second-order valence-corrected chi connectivity index (χ2v) is 6.18. The van der Waals surface area contributed by atoms with Gasteiger partial charge in [-0.3, -0.25) is 0 Å². The quantitative estimate of drug-likeness (QED) is 0.759. The number of ether oxygens (including phenoxy) is 1. The zero-order valence-corrected chi connectivity index (χ0v) is 12.7. The molecule has 2 aromatic carbocycles. The van der Waals surface area contributed by atoms with Crippen molar-refractivity contribution in [3.05, 3.63) is 42.5 Å². The van der Waals surface area contributed by atoms with E-state index in [0.29, 0.717) is 6.54 Å². The van der Waals surface area contributed by atoms with Crippen LogP contribution in [0, 0.1) is 0 Å². The molecule has 0 bridgehead atoms. The smallest absolute Gasteiger partial charge is 0.137 e. The fourth-order valence-electron chi connectivity index (χ4n) is 3.15. The van der Waals surface area contributed by atoms with E-state index in [1.807, 2.05) is 30.3 Å². The van der Waals surface area contributed by atoms with Crippen LogP contribution in [0.25, 0.3) is 10.8 Å². The molecule has 4 heteroatoms. The van der Waals surface area contributed by atoms with Crippen molar-refractivity contribution in [2.45, 2.75) is 25.0 Å². The minimum Gasteiger partial charge on any atom is -0.491 e. The van der Waals surface area contributed by atoms with Crippen LogP contribution >= 0.6 is 0 Å². The van der Waals surface area contributed by atoms with E-state index < -0.39 is 6.10 Å². The molecule has 3 rings (SSSR count). The highest BCUT2D eigenvalue weighted by atomic mass is 16.5. The minimum absolute atomic E-state index is 0.225. The fraction of sp³-hybridized carbons (Fsp3) is 0.444. The van der Waals surface area contributed by atoms with Crippen molar-refractivity contribution in [2.75, 3.05) is 26.2 Å². The summed E-state index contributed by atoms with van der Waals surface area (Å²) in [4.78, 5) is 1.26. The van der Waals surface area contributed by atoms with Crippen molar-refractivity contribution in [3.63, 3.8) is 0 Å². The van der Waals surface area contributed by atoms with Gasteiger partial charge in [-0.15, -0.1) is 0 Å². The molecule has 4 nitrogen and oxygen atoms in total. The predicted molar refractivity (Wildman–Crippen MR) is 86.3 cm³/mol. The first-order valence-electron chi connectivity index (χ1n) is 8.02. The SMILES string of the molecule is O[C@H]1CCC[NH+](C[C@@H](O)COc2ccc3ccccc3c2)C1. The summed E-state index contributed by atoms with van der Waals surface area (Å²) in [7, 11) is 0. The molecule has 1 heterocycles. The predicted octanol–water partition coefficient (Wildman–Crippen LogP) is 0.619. The zero-order chi connectivity index (χ0) is 15.4. The molecule has 0 radical (unpaired) electrons. The second kappa shape index (κ2) is 7.09. The largest absolute Gasteiger partial charge is 0.491 e. The highest BCUT2D eigenvalue weighted by molar-refractivity contribution is 5.83. The molecule has 3 atom stereocenters. The zero-order valence-electron chi connectivity index (χ0n) is 12.7. The average molecular weight is 302 g/mol. The van der Waals surface area contributed by atoms with Crippen molar-refractivity contribution in [1.82, 2.24) is 0 Å². The third kappa shape index (κ3) is 3.97. The number of fused-ring (bicyclic) bond motifs is 1. The van der Waals surface area contributed by atoms with E-state index in [0.717, 1.165) is 37.1 Å². The molecule has 0 aromatic heterocycles. The van der Waals surface area contributed by atoms with Gasteiger partial charge in [0.05, 0.1) is 6.54 Å². The van der Waals surface area contributed by atoms with Gasteiger partial charge >= 0.3 is 0 Å². The molecule has 1 unspecified atom stereocenters. The molecule has 1 saturated heterocycles. The Morgan fingerprint density at radius 1 is 1.18 bits per heavy atom. The third-order valence-electron chi connectivity index (χ3n) is 4.28. The maximum atomic E-state index is 10.1. The Labute approximate surface area is 130 Å². The van der Waals surface area contributed by atoms with Crippen LogP contribution in [0.15, 0.2) is 42.5 Å². The Balaban J connectivity index is 1.52. The monoisotopic (exact) mass is 302 g/mol. The van der Waals surface area contributed by atoms with Crippen LogP contribution in [0.2, 0.25) is 0 Å². The van der Waals surface area contributed by atoms with Crippen LogP contribution in [0.3, 0.4) is 0 Å². The number of hydrogen-bond acceptors (Lipinski definition) is 3. The topological polar surface area (TPSA) is 54.1 Å². The van der Waals surface area contributed by atoms with Crippen LogP contribution in [0.4, 0.5) is 0 Å². The van der Waals surface area contributed by atoms with Crippen LogP contribution in [-0.2, 0) is 0 Å². The van der Waals surface area contributed by atoms with E-state index in [4.69, 9.17) is 4.74 Å². The van der Waals surface area contributed by atoms with Gasteiger partial charge in [0.1, 0.15) is 37.7 Å². The van der Waals surface area contributed by atoms with Gasteiger partial charge in [0, 0.05) is 0 Å². The molecule has 3 N–H and O–H groups in total. The number of piperidine rings is 1. The first-order valence-corrected chi connectivity index (χ1v) is 8.02. The summed E-state index contributed by atoms with van der Waals surface area (Å²) >= 11 is 0. The lowest BCUT2D eigenvalue weighted by molar-refractivity contribution is -0.911. The van der Waals surface area contributed by atoms with Gasteiger partial charge in [0.2, 0.25) is 0 Å².